The Labute approximate surface area is 188 Å². The number of aryl methyl sites for hydroxylation is 2. The van der Waals surface area contributed by atoms with E-state index < -0.39 is 0 Å². The first-order valence-electron chi connectivity index (χ1n) is 11.4. The Morgan fingerprint density at radius 2 is 1.84 bits per heavy atom. The minimum atomic E-state index is 0.675. The summed E-state index contributed by atoms with van der Waals surface area (Å²) in [5, 5.41) is 4.26. The molecule has 2 unspecified atom stereocenters. The number of piperidine rings is 1. The average Bonchev–Trinajstić information content (AvgIpc) is 3.27. The number of hydrogen-bond donors (Lipinski definition) is 1. The summed E-state index contributed by atoms with van der Waals surface area (Å²) < 4.78 is 0. The molecule has 6 nitrogen and oxygen atoms in total. The van der Waals surface area contributed by atoms with Crippen LogP contribution in [0.25, 0.3) is 0 Å². The van der Waals surface area contributed by atoms with Crippen LogP contribution in [0, 0.1) is 12.8 Å². The van der Waals surface area contributed by atoms with E-state index in [1.54, 1.807) is 11.3 Å². The number of rotatable bonds is 7. The Bertz CT molecular complexity index is 1000. The molecule has 1 N–H and O–H groups in total. The van der Waals surface area contributed by atoms with Crippen LogP contribution < -0.4 is 5.32 Å². The summed E-state index contributed by atoms with van der Waals surface area (Å²) in [5.41, 5.74) is 2.42. The highest BCUT2D eigenvalue weighted by Crippen LogP contribution is 2.40. The van der Waals surface area contributed by atoms with Gasteiger partial charge in [-0.15, -0.1) is 11.3 Å². The molecule has 31 heavy (non-hydrogen) atoms. The van der Waals surface area contributed by atoms with E-state index in [0.717, 1.165) is 36.2 Å². The molecule has 0 saturated carbocycles. The zero-order valence-electron chi connectivity index (χ0n) is 18.3. The molecule has 7 heteroatoms. The molecule has 0 spiro atoms. The number of nitrogens with zero attached hydrogens (tertiary/aromatic N) is 5. The highest BCUT2D eigenvalue weighted by atomic mass is 32.1. The van der Waals surface area contributed by atoms with Gasteiger partial charge in [-0.1, -0.05) is 13.0 Å². The highest BCUT2D eigenvalue weighted by Gasteiger charge is 2.40. The van der Waals surface area contributed by atoms with Crippen molar-refractivity contribution in [3.8, 4) is 0 Å². The summed E-state index contributed by atoms with van der Waals surface area (Å²) in [5.74, 6) is 2.53. The maximum absolute atomic E-state index is 4.87. The fourth-order valence-corrected chi connectivity index (χ4v) is 5.82. The van der Waals surface area contributed by atoms with Gasteiger partial charge in [0.05, 0.1) is 0 Å². The summed E-state index contributed by atoms with van der Waals surface area (Å²) >= 11 is 1.66. The molecule has 2 fully saturated rings. The lowest BCUT2D eigenvalue weighted by Crippen LogP contribution is -2.42. The van der Waals surface area contributed by atoms with Gasteiger partial charge in [-0.25, -0.2) is 19.9 Å². The van der Waals surface area contributed by atoms with Gasteiger partial charge in [0, 0.05) is 59.8 Å². The van der Waals surface area contributed by atoms with Crippen molar-refractivity contribution in [3.63, 3.8) is 0 Å². The van der Waals surface area contributed by atoms with Gasteiger partial charge in [-0.3, -0.25) is 4.90 Å². The minimum absolute atomic E-state index is 0.675. The van der Waals surface area contributed by atoms with Gasteiger partial charge in [0.25, 0.3) is 0 Å². The van der Waals surface area contributed by atoms with Gasteiger partial charge in [-0.05, 0) is 57.1 Å². The monoisotopic (exact) mass is 434 g/mol. The van der Waals surface area contributed by atoms with E-state index in [0.29, 0.717) is 18.0 Å². The van der Waals surface area contributed by atoms with Crippen LogP contribution in [0.15, 0.2) is 36.8 Å². The summed E-state index contributed by atoms with van der Waals surface area (Å²) in [7, 11) is 0. The molecule has 2 saturated heterocycles. The Morgan fingerprint density at radius 3 is 2.52 bits per heavy atom. The zero-order valence-corrected chi connectivity index (χ0v) is 19.1. The third kappa shape index (κ3) is 4.77. The molecule has 2 atom stereocenters. The average molecular weight is 435 g/mol. The van der Waals surface area contributed by atoms with Crippen LogP contribution in [0.5, 0.6) is 0 Å². The van der Waals surface area contributed by atoms with Gasteiger partial charge in [-0.2, -0.15) is 0 Å². The lowest BCUT2D eigenvalue weighted by molar-refractivity contribution is 0.0956. The SMILES string of the molecule is CCc1ncc(CN2C3CCC2CC(Cc2cccc(Nc4ncc(C)s4)n2)C3)cn1. The van der Waals surface area contributed by atoms with Gasteiger partial charge in [0.1, 0.15) is 11.6 Å². The second kappa shape index (κ2) is 9.01. The third-order valence-electron chi connectivity index (χ3n) is 6.58. The van der Waals surface area contributed by atoms with Crippen molar-refractivity contribution in [2.75, 3.05) is 5.32 Å². The number of aromatic nitrogens is 4. The topological polar surface area (TPSA) is 66.8 Å². The number of anilines is 2. The molecule has 0 radical (unpaired) electrons. The van der Waals surface area contributed by atoms with Crippen LogP contribution in [0.2, 0.25) is 0 Å². The van der Waals surface area contributed by atoms with E-state index in [1.165, 1.54) is 41.8 Å². The molecular formula is C24H30N6S. The van der Waals surface area contributed by atoms with E-state index in [9.17, 15) is 0 Å². The Balaban J connectivity index is 1.20. The predicted molar refractivity (Wildman–Crippen MR) is 125 cm³/mol. The first-order chi connectivity index (χ1) is 15.2. The van der Waals surface area contributed by atoms with Crippen LogP contribution in [-0.4, -0.2) is 36.9 Å². The van der Waals surface area contributed by atoms with E-state index >= 15 is 0 Å². The maximum atomic E-state index is 4.87. The molecule has 3 aromatic heterocycles. The van der Waals surface area contributed by atoms with Crippen LogP contribution >= 0.6 is 11.3 Å². The number of hydrogen-bond acceptors (Lipinski definition) is 7. The molecule has 0 aliphatic carbocycles. The summed E-state index contributed by atoms with van der Waals surface area (Å²) in [6.45, 7) is 5.15. The lowest BCUT2D eigenvalue weighted by atomic mass is 9.87. The van der Waals surface area contributed by atoms with Crippen LogP contribution in [0.4, 0.5) is 10.9 Å². The predicted octanol–water partition coefficient (Wildman–Crippen LogP) is 4.93. The first kappa shape index (κ1) is 20.5. The molecular weight excluding hydrogens is 404 g/mol. The second-order valence-electron chi connectivity index (χ2n) is 8.88. The van der Waals surface area contributed by atoms with Crippen LogP contribution in [-0.2, 0) is 19.4 Å². The molecule has 5 rings (SSSR count). The molecule has 2 aliphatic heterocycles. The third-order valence-corrected chi connectivity index (χ3v) is 7.41. The Hall–Kier alpha value is -2.38. The second-order valence-corrected chi connectivity index (χ2v) is 10.1. The van der Waals surface area contributed by atoms with Crippen molar-refractivity contribution in [1.82, 2.24) is 24.8 Å². The van der Waals surface area contributed by atoms with Gasteiger partial charge < -0.3 is 5.32 Å². The molecule has 0 amide bonds. The number of thiazole rings is 1. The van der Waals surface area contributed by atoms with E-state index in [4.69, 9.17) is 4.98 Å². The van der Waals surface area contributed by atoms with Gasteiger partial charge in [0.2, 0.25) is 0 Å². The van der Waals surface area contributed by atoms with E-state index in [2.05, 4.69) is 51.1 Å². The Morgan fingerprint density at radius 1 is 1.06 bits per heavy atom. The maximum Gasteiger partial charge on any atom is 0.188 e. The summed E-state index contributed by atoms with van der Waals surface area (Å²) in [6, 6.07) is 7.65. The molecule has 2 aliphatic rings. The molecule has 5 heterocycles. The summed E-state index contributed by atoms with van der Waals surface area (Å²) in [4.78, 5) is 22.1. The van der Waals surface area contributed by atoms with E-state index in [1.807, 2.05) is 24.7 Å². The number of nitrogens with one attached hydrogen (secondary N) is 1. The van der Waals surface area contributed by atoms with Gasteiger partial charge >= 0.3 is 0 Å². The molecule has 0 aromatic carbocycles. The fourth-order valence-electron chi connectivity index (χ4n) is 5.15. The molecule has 162 valence electrons. The normalized spacial score (nSPS) is 23.2. The fraction of sp³-hybridized carbons (Fsp3) is 0.500. The number of pyridine rings is 1. The quantitative estimate of drug-likeness (QED) is 0.569. The van der Waals surface area contributed by atoms with Crippen molar-refractivity contribution < 1.29 is 0 Å². The highest BCUT2D eigenvalue weighted by molar-refractivity contribution is 7.15. The number of fused-ring (bicyclic) bond motifs is 2. The van der Waals surface area contributed by atoms with Gasteiger partial charge in [0.15, 0.2) is 5.13 Å². The van der Waals surface area contributed by atoms with Crippen LogP contribution in [0.1, 0.15) is 54.6 Å². The minimum Gasteiger partial charge on any atom is -0.316 e. The van der Waals surface area contributed by atoms with Crippen molar-refractivity contribution in [2.24, 2.45) is 5.92 Å². The smallest absolute Gasteiger partial charge is 0.188 e. The van der Waals surface area contributed by atoms with Crippen molar-refractivity contribution in [2.45, 2.75) is 71.0 Å². The van der Waals surface area contributed by atoms with Crippen molar-refractivity contribution in [1.29, 1.82) is 0 Å². The van der Waals surface area contributed by atoms with E-state index in [-0.39, 0.29) is 0 Å². The lowest BCUT2D eigenvalue weighted by Gasteiger charge is -2.39. The molecule has 2 bridgehead atoms. The van der Waals surface area contributed by atoms with Crippen molar-refractivity contribution >= 4 is 22.3 Å². The zero-order chi connectivity index (χ0) is 21.2. The van der Waals surface area contributed by atoms with Crippen molar-refractivity contribution in [3.05, 3.63) is 58.7 Å². The van der Waals surface area contributed by atoms with Crippen LogP contribution in [0.3, 0.4) is 0 Å². The Kier molecular flexibility index (Phi) is 5.96. The first-order valence-corrected chi connectivity index (χ1v) is 12.2. The standard InChI is InChI=1S/C24H30N6S/c1-3-22-25-13-18(14-26-22)15-30-20-7-8-21(30)11-17(10-20)9-19-5-4-6-23(28-19)29-24-27-12-16(2)31-24/h4-6,12-14,17,20-21H,3,7-11,15H2,1-2H3,(H,27,28,29). The largest absolute Gasteiger partial charge is 0.316 e. The summed E-state index contributed by atoms with van der Waals surface area (Å²) in [6.07, 6.45) is 13.0. The molecule has 3 aromatic rings.